The van der Waals surface area contributed by atoms with E-state index in [0.717, 1.165) is 22.9 Å². The number of rotatable bonds is 3. The van der Waals surface area contributed by atoms with Crippen molar-refractivity contribution in [2.45, 2.75) is 13.3 Å². The van der Waals surface area contributed by atoms with E-state index >= 15 is 0 Å². The number of carbonyl (C=O) groups excluding carboxylic acids is 1. The molecule has 0 aromatic heterocycles. The smallest absolute Gasteiger partial charge is 0.338 e. The molecule has 0 spiro atoms. The van der Waals surface area contributed by atoms with E-state index in [-0.39, 0.29) is 11.4 Å². The van der Waals surface area contributed by atoms with Crippen LogP contribution in [-0.4, -0.2) is 18.4 Å². The van der Waals surface area contributed by atoms with Crippen LogP contribution in [0.25, 0.3) is 5.57 Å². The Morgan fingerprint density at radius 2 is 2.16 bits per heavy atom. The van der Waals surface area contributed by atoms with Crippen LogP contribution < -0.4 is 0 Å². The number of hydrogen-bond acceptors (Lipinski definition) is 2. The lowest BCUT2D eigenvalue weighted by atomic mass is 9.82. The molecule has 2 rings (SSSR count). The lowest BCUT2D eigenvalue weighted by Gasteiger charge is -2.26. The molecule has 0 bridgehead atoms. The molecule has 1 aliphatic rings. The lowest BCUT2D eigenvalue weighted by Crippen LogP contribution is -2.16. The Kier molecular flexibility index (Phi) is 4.25. The summed E-state index contributed by atoms with van der Waals surface area (Å²) in [4.78, 5) is 11.8. The summed E-state index contributed by atoms with van der Waals surface area (Å²) in [5, 5.41) is 0.929. The maximum atomic E-state index is 11.8. The minimum absolute atomic E-state index is 0.156. The van der Waals surface area contributed by atoms with Crippen molar-refractivity contribution >= 4 is 27.5 Å². The zero-order chi connectivity index (χ0) is 13.9. The standard InChI is InChI=1S/C16H17BrO2/c1-16(11-17)9-7-12(8-10-16)13-5-3-4-6-14(13)15(18)19-2/h3-9H,10-11H2,1-2H3. The van der Waals surface area contributed by atoms with Gasteiger partial charge in [0.15, 0.2) is 0 Å². The maximum absolute atomic E-state index is 11.8. The molecule has 0 radical (unpaired) electrons. The Labute approximate surface area is 122 Å². The third-order valence-electron chi connectivity index (χ3n) is 3.40. The monoisotopic (exact) mass is 320 g/mol. The second-order valence-electron chi connectivity index (χ2n) is 5.02. The van der Waals surface area contributed by atoms with E-state index in [1.165, 1.54) is 7.11 Å². The molecule has 0 amide bonds. The predicted octanol–water partition coefficient (Wildman–Crippen LogP) is 4.22. The van der Waals surface area contributed by atoms with Gasteiger partial charge in [-0.3, -0.25) is 0 Å². The number of allylic oxidation sites excluding steroid dienone is 4. The van der Waals surface area contributed by atoms with Crippen LogP contribution in [0.15, 0.2) is 42.5 Å². The average molecular weight is 321 g/mol. The minimum atomic E-state index is -0.293. The summed E-state index contributed by atoms with van der Waals surface area (Å²) >= 11 is 3.54. The zero-order valence-electron chi connectivity index (χ0n) is 11.2. The summed E-state index contributed by atoms with van der Waals surface area (Å²) in [6, 6.07) is 7.55. The molecule has 1 unspecified atom stereocenters. The molecule has 1 atom stereocenters. The number of halogens is 1. The maximum Gasteiger partial charge on any atom is 0.338 e. The highest BCUT2D eigenvalue weighted by atomic mass is 79.9. The third kappa shape index (κ3) is 2.98. The van der Waals surface area contributed by atoms with Crippen molar-refractivity contribution in [3.8, 4) is 0 Å². The molecule has 100 valence electrons. The van der Waals surface area contributed by atoms with Crippen LogP contribution in [-0.2, 0) is 4.74 Å². The van der Waals surface area contributed by atoms with Gasteiger partial charge in [0.2, 0.25) is 0 Å². The predicted molar refractivity (Wildman–Crippen MR) is 81.4 cm³/mol. The number of benzene rings is 1. The minimum Gasteiger partial charge on any atom is -0.465 e. The van der Waals surface area contributed by atoms with Crippen LogP contribution in [0.2, 0.25) is 0 Å². The second-order valence-corrected chi connectivity index (χ2v) is 5.58. The van der Waals surface area contributed by atoms with Crippen molar-refractivity contribution in [3.05, 3.63) is 53.6 Å². The first-order valence-corrected chi connectivity index (χ1v) is 7.35. The van der Waals surface area contributed by atoms with Crippen molar-refractivity contribution in [1.82, 2.24) is 0 Å². The average Bonchev–Trinajstić information content (AvgIpc) is 2.47. The van der Waals surface area contributed by atoms with Gasteiger partial charge < -0.3 is 4.74 Å². The Morgan fingerprint density at radius 3 is 2.74 bits per heavy atom. The fraction of sp³-hybridized carbons (Fsp3) is 0.312. The number of carbonyl (C=O) groups is 1. The number of esters is 1. The van der Waals surface area contributed by atoms with E-state index in [1.807, 2.05) is 18.2 Å². The fourth-order valence-corrected chi connectivity index (χ4v) is 2.51. The Hall–Kier alpha value is -1.35. The highest BCUT2D eigenvalue weighted by molar-refractivity contribution is 9.09. The summed E-state index contributed by atoms with van der Waals surface area (Å²) < 4.78 is 4.83. The first kappa shape index (κ1) is 14.1. The van der Waals surface area contributed by atoms with E-state index in [4.69, 9.17) is 4.74 Å². The van der Waals surface area contributed by atoms with E-state index < -0.39 is 0 Å². The van der Waals surface area contributed by atoms with Crippen LogP contribution in [0.3, 0.4) is 0 Å². The molecular weight excluding hydrogens is 304 g/mol. The second kappa shape index (κ2) is 5.74. The highest BCUT2D eigenvalue weighted by Gasteiger charge is 2.22. The molecule has 0 heterocycles. The van der Waals surface area contributed by atoms with E-state index in [0.29, 0.717) is 5.56 Å². The molecule has 19 heavy (non-hydrogen) atoms. The lowest BCUT2D eigenvalue weighted by molar-refractivity contribution is 0.0600. The van der Waals surface area contributed by atoms with E-state index in [9.17, 15) is 4.79 Å². The summed E-state index contributed by atoms with van der Waals surface area (Å²) in [5.74, 6) is -0.293. The van der Waals surface area contributed by atoms with Gasteiger partial charge in [-0.15, -0.1) is 0 Å². The normalized spacial score (nSPS) is 21.9. The van der Waals surface area contributed by atoms with Gasteiger partial charge in [-0.2, -0.15) is 0 Å². The first-order chi connectivity index (χ1) is 9.09. The van der Waals surface area contributed by atoms with Gasteiger partial charge in [0.1, 0.15) is 0 Å². The van der Waals surface area contributed by atoms with Gasteiger partial charge in [-0.05, 0) is 29.0 Å². The van der Waals surface area contributed by atoms with Gasteiger partial charge in [0, 0.05) is 5.33 Å². The summed E-state index contributed by atoms with van der Waals surface area (Å²) in [6.07, 6.45) is 7.43. The van der Waals surface area contributed by atoms with Crippen molar-refractivity contribution in [2.75, 3.05) is 12.4 Å². The van der Waals surface area contributed by atoms with Crippen molar-refractivity contribution in [3.63, 3.8) is 0 Å². The van der Waals surface area contributed by atoms with Crippen LogP contribution >= 0.6 is 15.9 Å². The topological polar surface area (TPSA) is 26.3 Å². The number of ether oxygens (including phenoxy) is 1. The Balaban J connectivity index is 2.35. The molecule has 0 saturated carbocycles. The summed E-state index contributed by atoms with van der Waals surface area (Å²) in [7, 11) is 1.41. The number of alkyl halides is 1. The van der Waals surface area contributed by atoms with Gasteiger partial charge in [-0.25, -0.2) is 4.79 Å². The molecular formula is C16H17BrO2. The molecule has 1 aliphatic carbocycles. The molecule has 0 fully saturated rings. The van der Waals surface area contributed by atoms with Crippen molar-refractivity contribution < 1.29 is 9.53 Å². The van der Waals surface area contributed by atoms with E-state index in [2.05, 4.69) is 41.1 Å². The molecule has 0 N–H and O–H groups in total. The Morgan fingerprint density at radius 1 is 1.42 bits per heavy atom. The SMILES string of the molecule is COC(=O)c1ccccc1C1=CCC(C)(CBr)C=C1. The molecule has 0 saturated heterocycles. The third-order valence-corrected chi connectivity index (χ3v) is 4.68. The molecule has 3 heteroatoms. The fourth-order valence-electron chi connectivity index (χ4n) is 2.09. The van der Waals surface area contributed by atoms with Gasteiger partial charge in [0.05, 0.1) is 12.7 Å². The molecule has 1 aromatic rings. The number of methoxy groups -OCH3 is 1. The summed E-state index contributed by atoms with van der Waals surface area (Å²) in [5.41, 5.74) is 2.79. The van der Waals surface area contributed by atoms with Crippen molar-refractivity contribution in [1.29, 1.82) is 0 Å². The highest BCUT2D eigenvalue weighted by Crippen LogP contribution is 2.35. The molecule has 0 aliphatic heterocycles. The van der Waals surface area contributed by atoms with Crippen LogP contribution in [0, 0.1) is 5.41 Å². The molecule has 2 nitrogen and oxygen atoms in total. The van der Waals surface area contributed by atoms with Crippen LogP contribution in [0.5, 0.6) is 0 Å². The van der Waals surface area contributed by atoms with Crippen LogP contribution in [0.4, 0.5) is 0 Å². The number of hydrogen-bond donors (Lipinski definition) is 0. The van der Waals surface area contributed by atoms with Crippen molar-refractivity contribution in [2.24, 2.45) is 5.41 Å². The van der Waals surface area contributed by atoms with Gasteiger partial charge >= 0.3 is 5.97 Å². The van der Waals surface area contributed by atoms with Gasteiger partial charge in [0.25, 0.3) is 0 Å². The first-order valence-electron chi connectivity index (χ1n) is 6.23. The zero-order valence-corrected chi connectivity index (χ0v) is 12.7. The summed E-state index contributed by atoms with van der Waals surface area (Å²) in [6.45, 7) is 2.21. The molecule has 1 aromatic carbocycles. The van der Waals surface area contributed by atoms with Crippen LogP contribution in [0.1, 0.15) is 29.3 Å². The largest absolute Gasteiger partial charge is 0.465 e. The quantitative estimate of drug-likeness (QED) is 0.615. The Bertz CT molecular complexity index is 545. The van der Waals surface area contributed by atoms with Gasteiger partial charge in [-0.1, -0.05) is 59.3 Å². The van der Waals surface area contributed by atoms with E-state index in [1.54, 1.807) is 6.07 Å².